The standard InChI is InChI=1S/C16H25NO/c1-12-9-13(2)11-14(10-12)16(17)7-3-5-15-6-4-8-18-15/h9-11,15-16H,3-8,17H2,1-2H3. The fraction of sp³-hybridized carbons (Fsp3) is 0.625. The molecule has 2 unspecified atom stereocenters. The molecule has 100 valence electrons. The van der Waals surface area contributed by atoms with Gasteiger partial charge in [-0.3, -0.25) is 0 Å². The zero-order valence-electron chi connectivity index (χ0n) is 11.6. The van der Waals surface area contributed by atoms with Crippen molar-refractivity contribution in [3.05, 3.63) is 34.9 Å². The van der Waals surface area contributed by atoms with Crippen molar-refractivity contribution in [2.75, 3.05) is 6.61 Å². The third-order valence-electron chi connectivity index (χ3n) is 3.74. The predicted octanol–water partition coefficient (Wildman–Crippen LogP) is 3.65. The molecule has 0 aliphatic carbocycles. The van der Waals surface area contributed by atoms with Gasteiger partial charge in [-0.1, -0.05) is 29.3 Å². The van der Waals surface area contributed by atoms with Gasteiger partial charge in [-0.15, -0.1) is 0 Å². The monoisotopic (exact) mass is 247 g/mol. The summed E-state index contributed by atoms with van der Waals surface area (Å²) in [6, 6.07) is 6.79. The van der Waals surface area contributed by atoms with Gasteiger partial charge in [-0.05, 0) is 51.5 Å². The molecule has 0 amide bonds. The second-order valence-corrected chi connectivity index (χ2v) is 5.59. The lowest BCUT2D eigenvalue weighted by atomic mass is 9.97. The van der Waals surface area contributed by atoms with E-state index in [0.29, 0.717) is 6.10 Å². The van der Waals surface area contributed by atoms with E-state index >= 15 is 0 Å². The number of hydrogen-bond acceptors (Lipinski definition) is 2. The Morgan fingerprint density at radius 3 is 2.61 bits per heavy atom. The van der Waals surface area contributed by atoms with Crippen LogP contribution < -0.4 is 5.73 Å². The Hall–Kier alpha value is -0.860. The highest BCUT2D eigenvalue weighted by molar-refractivity contribution is 5.30. The summed E-state index contributed by atoms with van der Waals surface area (Å²) in [6.07, 6.45) is 6.35. The van der Waals surface area contributed by atoms with E-state index in [0.717, 1.165) is 13.0 Å². The second kappa shape index (κ2) is 6.35. The van der Waals surface area contributed by atoms with Gasteiger partial charge in [0.05, 0.1) is 6.10 Å². The lowest BCUT2D eigenvalue weighted by Crippen LogP contribution is -2.12. The fourth-order valence-electron chi connectivity index (χ4n) is 2.83. The first-order chi connectivity index (χ1) is 8.65. The molecular weight excluding hydrogens is 222 g/mol. The van der Waals surface area contributed by atoms with Gasteiger partial charge in [0.2, 0.25) is 0 Å². The number of hydrogen-bond donors (Lipinski definition) is 1. The van der Waals surface area contributed by atoms with Crippen LogP contribution in [0, 0.1) is 13.8 Å². The molecule has 2 N–H and O–H groups in total. The third-order valence-corrected chi connectivity index (χ3v) is 3.74. The molecule has 18 heavy (non-hydrogen) atoms. The zero-order valence-corrected chi connectivity index (χ0v) is 11.6. The summed E-state index contributed by atoms with van der Waals surface area (Å²) >= 11 is 0. The minimum Gasteiger partial charge on any atom is -0.378 e. The maximum atomic E-state index is 6.28. The van der Waals surface area contributed by atoms with Crippen LogP contribution in [0.3, 0.4) is 0 Å². The number of benzene rings is 1. The van der Waals surface area contributed by atoms with Crippen LogP contribution in [0.5, 0.6) is 0 Å². The molecule has 2 heteroatoms. The smallest absolute Gasteiger partial charge is 0.0576 e. The van der Waals surface area contributed by atoms with E-state index in [4.69, 9.17) is 10.5 Å². The van der Waals surface area contributed by atoms with Crippen molar-refractivity contribution in [1.82, 2.24) is 0 Å². The lowest BCUT2D eigenvalue weighted by Gasteiger charge is -2.15. The molecule has 1 aliphatic heterocycles. The minimum atomic E-state index is 0.171. The number of nitrogens with two attached hydrogens (primary N) is 1. The fourth-order valence-corrected chi connectivity index (χ4v) is 2.83. The van der Waals surface area contributed by atoms with Crippen LogP contribution in [0.2, 0.25) is 0 Å². The average molecular weight is 247 g/mol. The Bertz CT molecular complexity index is 362. The first-order valence-electron chi connectivity index (χ1n) is 7.10. The zero-order chi connectivity index (χ0) is 13.0. The van der Waals surface area contributed by atoms with Crippen molar-refractivity contribution in [2.24, 2.45) is 5.73 Å². The van der Waals surface area contributed by atoms with Crippen LogP contribution in [-0.4, -0.2) is 12.7 Å². The van der Waals surface area contributed by atoms with Gasteiger partial charge >= 0.3 is 0 Å². The number of aryl methyl sites for hydroxylation is 2. The molecule has 1 aliphatic rings. The minimum absolute atomic E-state index is 0.171. The van der Waals surface area contributed by atoms with Gasteiger partial charge in [-0.25, -0.2) is 0 Å². The van der Waals surface area contributed by atoms with Crippen LogP contribution >= 0.6 is 0 Å². The molecule has 0 spiro atoms. The van der Waals surface area contributed by atoms with Crippen molar-refractivity contribution in [1.29, 1.82) is 0 Å². The summed E-state index contributed by atoms with van der Waals surface area (Å²) in [5, 5.41) is 0. The number of rotatable bonds is 5. The van der Waals surface area contributed by atoms with Crippen molar-refractivity contribution in [3.63, 3.8) is 0 Å². The van der Waals surface area contributed by atoms with Crippen LogP contribution in [0.1, 0.15) is 54.8 Å². The van der Waals surface area contributed by atoms with Gasteiger partial charge < -0.3 is 10.5 Å². The van der Waals surface area contributed by atoms with Crippen LogP contribution in [0.4, 0.5) is 0 Å². The van der Waals surface area contributed by atoms with Gasteiger partial charge in [0.25, 0.3) is 0 Å². The topological polar surface area (TPSA) is 35.2 Å². The van der Waals surface area contributed by atoms with Gasteiger partial charge in [0.1, 0.15) is 0 Å². The normalized spacial score (nSPS) is 21.2. The molecule has 1 aromatic carbocycles. The predicted molar refractivity (Wildman–Crippen MR) is 75.7 cm³/mol. The van der Waals surface area contributed by atoms with E-state index in [9.17, 15) is 0 Å². The van der Waals surface area contributed by atoms with Crippen molar-refractivity contribution in [2.45, 2.75) is 58.1 Å². The van der Waals surface area contributed by atoms with E-state index in [1.807, 2.05) is 0 Å². The summed E-state index contributed by atoms with van der Waals surface area (Å²) in [7, 11) is 0. The Morgan fingerprint density at radius 2 is 2.00 bits per heavy atom. The summed E-state index contributed by atoms with van der Waals surface area (Å²) in [4.78, 5) is 0. The molecule has 2 nitrogen and oxygen atoms in total. The summed E-state index contributed by atoms with van der Waals surface area (Å²) in [6.45, 7) is 5.22. The Morgan fingerprint density at radius 1 is 1.28 bits per heavy atom. The third kappa shape index (κ3) is 3.82. The highest BCUT2D eigenvalue weighted by Crippen LogP contribution is 2.23. The van der Waals surface area contributed by atoms with Crippen LogP contribution in [-0.2, 0) is 4.74 Å². The molecule has 0 radical (unpaired) electrons. The molecule has 1 saturated heterocycles. The maximum Gasteiger partial charge on any atom is 0.0576 e. The summed E-state index contributed by atoms with van der Waals surface area (Å²) in [5.74, 6) is 0. The average Bonchev–Trinajstić information content (AvgIpc) is 2.80. The molecule has 1 fully saturated rings. The van der Waals surface area contributed by atoms with E-state index in [1.54, 1.807) is 0 Å². The summed E-state index contributed by atoms with van der Waals surface area (Å²) < 4.78 is 5.64. The van der Waals surface area contributed by atoms with Gasteiger partial charge in [0.15, 0.2) is 0 Å². The largest absolute Gasteiger partial charge is 0.378 e. The molecule has 2 rings (SSSR count). The first kappa shape index (κ1) is 13.6. The summed E-state index contributed by atoms with van der Waals surface area (Å²) in [5.41, 5.74) is 10.2. The highest BCUT2D eigenvalue weighted by atomic mass is 16.5. The van der Waals surface area contributed by atoms with Crippen molar-refractivity contribution in [3.8, 4) is 0 Å². The Kier molecular flexibility index (Phi) is 4.79. The SMILES string of the molecule is Cc1cc(C)cc(C(N)CCCC2CCCO2)c1. The molecule has 0 bridgehead atoms. The molecule has 2 atom stereocenters. The van der Waals surface area contributed by atoms with Crippen molar-refractivity contribution < 1.29 is 4.74 Å². The highest BCUT2D eigenvalue weighted by Gasteiger charge is 2.15. The maximum absolute atomic E-state index is 6.28. The quantitative estimate of drug-likeness (QED) is 0.862. The van der Waals surface area contributed by atoms with Gasteiger partial charge in [-0.2, -0.15) is 0 Å². The van der Waals surface area contributed by atoms with Crippen LogP contribution in [0.15, 0.2) is 18.2 Å². The molecule has 0 aromatic heterocycles. The molecular formula is C16H25NO. The lowest BCUT2D eigenvalue weighted by molar-refractivity contribution is 0.101. The van der Waals surface area contributed by atoms with E-state index < -0.39 is 0 Å². The Labute approximate surface area is 111 Å². The van der Waals surface area contributed by atoms with Crippen LogP contribution in [0.25, 0.3) is 0 Å². The number of ether oxygens (including phenoxy) is 1. The van der Waals surface area contributed by atoms with E-state index in [-0.39, 0.29) is 6.04 Å². The van der Waals surface area contributed by atoms with E-state index in [2.05, 4.69) is 32.0 Å². The van der Waals surface area contributed by atoms with Gasteiger partial charge in [0, 0.05) is 12.6 Å². The molecule has 1 aromatic rings. The molecule has 0 saturated carbocycles. The second-order valence-electron chi connectivity index (χ2n) is 5.59. The Balaban J connectivity index is 1.81. The molecule has 1 heterocycles. The van der Waals surface area contributed by atoms with E-state index in [1.165, 1.54) is 42.4 Å². The van der Waals surface area contributed by atoms with Crippen molar-refractivity contribution >= 4 is 0 Å². The first-order valence-corrected chi connectivity index (χ1v) is 7.10.